The first-order valence-electron chi connectivity index (χ1n) is 41.0. The lowest BCUT2D eigenvalue weighted by Gasteiger charge is -2.06. The topological polar surface area (TPSA) is 302 Å². The molecule has 0 saturated heterocycles. The number of ketones is 5. The highest BCUT2D eigenvalue weighted by atomic mass is 32.1. The van der Waals surface area contributed by atoms with Crippen molar-refractivity contribution in [1.82, 2.24) is 31.6 Å². The number of nitrogens with one attached hydrogen (secondary N) is 5. The van der Waals surface area contributed by atoms with E-state index in [-0.39, 0.29) is 115 Å². The number of nitrogens with zero attached hydrogens (tertiary/aromatic N) is 1. The van der Waals surface area contributed by atoms with Crippen LogP contribution in [0.2, 0.25) is 0 Å². The second kappa shape index (κ2) is 67.1. The van der Waals surface area contributed by atoms with E-state index < -0.39 is 0 Å². The number of ether oxygens (including phenoxy) is 2. The van der Waals surface area contributed by atoms with Crippen LogP contribution in [-0.4, -0.2) is 103 Å². The van der Waals surface area contributed by atoms with Gasteiger partial charge in [0, 0.05) is 49.9 Å². The quantitative estimate of drug-likeness (QED) is 0.0137. The van der Waals surface area contributed by atoms with Crippen molar-refractivity contribution >= 4 is 69.8 Å². The second-order valence-corrected chi connectivity index (χ2v) is 28.5. The Bertz CT molecular complexity index is 3040. The molecule has 604 valence electrons. The second-order valence-electron chi connectivity index (χ2n) is 27.6. The van der Waals surface area contributed by atoms with Gasteiger partial charge in [-0.25, -0.2) is 4.98 Å². The van der Waals surface area contributed by atoms with Crippen molar-refractivity contribution in [1.29, 1.82) is 0 Å². The zero-order valence-electron chi connectivity index (χ0n) is 66.4. The van der Waals surface area contributed by atoms with Crippen LogP contribution in [0.15, 0.2) is 98.2 Å². The van der Waals surface area contributed by atoms with E-state index in [9.17, 15) is 47.9 Å². The molecule has 22 heteroatoms. The summed E-state index contributed by atoms with van der Waals surface area (Å²) in [5, 5.41) is 16.1. The minimum atomic E-state index is -0.271. The average Bonchev–Trinajstić information content (AvgIpc) is 1.64. The number of benzene rings is 1. The Morgan fingerprint density at radius 2 is 0.593 bits per heavy atom. The summed E-state index contributed by atoms with van der Waals surface area (Å²) < 4.78 is 25.4. The maximum absolute atomic E-state index is 12.1. The Morgan fingerprint density at radius 1 is 0.324 bits per heavy atom. The smallest absolute Gasteiger partial charge is 0.231 e. The monoisotopic (exact) mass is 1520 g/mol. The van der Waals surface area contributed by atoms with Crippen molar-refractivity contribution in [3.8, 4) is 11.5 Å². The summed E-state index contributed by atoms with van der Waals surface area (Å²) >= 11 is 1.27. The summed E-state index contributed by atoms with van der Waals surface area (Å²) in [5.74, 6) is -0.357. The van der Waals surface area contributed by atoms with Crippen molar-refractivity contribution in [2.45, 2.75) is 317 Å². The van der Waals surface area contributed by atoms with Gasteiger partial charge in [0.05, 0.1) is 50.9 Å². The zero-order valence-corrected chi connectivity index (χ0v) is 67.2. The number of thiazole rings is 1. The third kappa shape index (κ3) is 52.1. The first-order valence-corrected chi connectivity index (χ1v) is 41.9. The van der Waals surface area contributed by atoms with Crippen LogP contribution in [0.5, 0.6) is 11.5 Å². The van der Waals surface area contributed by atoms with Crippen molar-refractivity contribution < 1.29 is 70.7 Å². The fraction of sp³-hybridized carbons (Fsp3) is 0.640. The van der Waals surface area contributed by atoms with Gasteiger partial charge in [0.15, 0.2) is 39.6 Å². The zero-order chi connectivity index (χ0) is 78.6. The Hall–Kier alpha value is -8.01. The molecule has 5 aromatic rings. The van der Waals surface area contributed by atoms with E-state index in [0.29, 0.717) is 54.8 Å². The third-order valence-corrected chi connectivity index (χ3v) is 18.7. The highest BCUT2D eigenvalue weighted by Crippen LogP contribution is 2.33. The first-order chi connectivity index (χ1) is 52.6. The summed E-state index contributed by atoms with van der Waals surface area (Å²) in [7, 11) is 0. The number of furan rings is 3. The summed E-state index contributed by atoms with van der Waals surface area (Å²) in [6.07, 6.45) is 53.4. The number of amides is 5. The maximum Gasteiger partial charge on any atom is 0.231 e. The molecule has 6 rings (SSSR count). The summed E-state index contributed by atoms with van der Waals surface area (Å²) in [6, 6.07) is 14.7. The lowest BCUT2D eigenvalue weighted by molar-refractivity contribution is -0.121. The number of carbonyl (C=O) groups is 10. The number of hydrogen-bond acceptors (Lipinski definition) is 17. The average molecular weight is 1520 g/mol. The van der Waals surface area contributed by atoms with Gasteiger partial charge in [-0.3, -0.25) is 47.9 Å². The molecular weight excluding hydrogens is 1390 g/mol. The largest absolute Gasteiger partial charge is 0.461 e. The highest BCUT2D eigenvalue weighted by Gasteiger charge is 2.20. The van der Waals surface area contributed by atoms with Crippen LogP contribution in [0.4, 0.5) is 0 Å². The van der Waals surface area contributed by atoms with Crippen molar-refractivity contribution in [2.24, 2.45) is 0 Å². The predicted octanol–water partition coefficient (Wildman–Crippen LogP) is 20.2. The number of hydrogen-bond donors (Lipinski definition) is 5. The molecule has 0 spiro atoms. The molecule has 108 heavy (non-hydrogen) atoms. The van der Waals surface area contributed by atoms with E-state index in [2.05, 4.69) is 66.2 Å². The molecule has 0 fully saturated rings. The molecule has 0 atom stereocenters. The van der Waals surface area contributed by atoms with Crippen molar-refractivity contribution in [2.75, 3.05) is 39.5 Å². The highest BCUT2D eigenvalue weighted by molar-refractivity contribution is 7.11. The van der Waals surface area contributed by atoms with Crippen LogP contribution in [0.25, 0.3) is 0 Å². The van der Waals surface area contributed by atoms with Gasteiger partial charge in [-0.05, 0) is 86.7 Å². The number of aromatic nitrogens is 1. The molecule has 0 bridgehead atoms. The number of rotatable bonds is 59. The van der Waals surface area contributed by atoms with Crippen LogP contribution in [-0.2, 0) is 24.0 Å². The van der Waals surface area contributed by atoms with Crippen LogP contribution < -0.4 is 36.1 Å². The minimum absolute atomic E-state index is 0.0932. The molecule has 1 aromatic carbocycles. The van der Waals surface area contributed by atoms with Crippen molar-refractivity contribution in [3.63, 3.8) is 0 Å². The van der Waals surface area contributed by atoms with Crippen molar-refractivity contribution in [3.05, 3.63) is 113 Å². The van der Waals surface area contributed by atoms with E-state index in [1.165, 1.54) is 216 Å². The Balaban J connectivity index is 0.000000459. The molecule has 5 amide bonds. The van der Waals surface area contributed by atoms with Crippen LogP contribution in [0, 0.1) is 0 Å². The molecule has 5 N–H and O–H groups in total. The lowest BCUT2D eigenvalue weighted by atomic mass is 10.1. The number of Topliss-reactive ketones (excluding diaryl/α,β-unsaturated/α-hetero) is 5. The Labute approximate surface area is 649 Å². The van der Waals surface area contributed by atoms with Crippen LogP contribution in [0.3, 0.4) is 0 Å². The van der Waals surface area contributed by atoms with Gasteiger partial charge >= 0.3 is 0 Å². The molecule has 0 aliphatic carbocycles. The molecule has 0 unspecified atom stereocenters. The van der Waals surface area contributed by atoms with Crippen LogP contribution >= 0.6 is 11.3 Å². The van der Waals surface area contributed by atoms with Crippen LogP contribution in [0.1, 0.15) is 369 Å². The van der Waals surface area contributed by atoms with Gasteiger partial charge in [0.1, 0.15) is 0 Å². The van der Waals surface area contributed by atoms with E-state index in [4.69, 9.17) is 22.7 Å². The molecular formula is C86H134N6O15S. The van der Waals surface area contributed by atoms with Gasteiger partial charge in [0.2, 0.25) is 59.5 Å². The maximum atomic E-state index is 12.1. The molecule has 0 radical (unpaired) electrons. The van der Waals surface area contributed by atoms with Gasteiger partial charge < -0.3 is 49.3 Å². The standard InChI is InChI=1S/C19H27NO4.C19H31NO3.C17H27NO3.C16H25NO3.C15H24N2O2S/c1-2-3-4-5-6-7-8-11-20-19(22)13-16(21)15-9-10-17-18(12-15)24-14-23-17;1-2-3-4-5-6-7-8-9-10-11-14-20-19(22)16-17(21)18-13-12-15-23-18;1-2-3-4-5-6-7-8-9-12-18-17(20)14-15(19)16-11-10-13-21-16;1-2-3-4-5-6-7-8-11-17-16(19)13-14(18)15-10-9-12-20-15;1-2-3-4-5-6-7-8-9-16-14(19)12-13(18)15-17-10-11-20-15/h9-10,12H,2-8,11,13-14H2,1H3,(H,20,22);12-13,15H,2-11,14,16H2,1H3,(H,20,22);10-11,13H,2-9,12,14H2,1H3,(H,18,20);9-10,12H,2-8,11,13H2,1H3,(H,17,19);10-11H,2-9,12H2,1H3,(H,16,19). The van der Waals surface area contributed by atoms with Gasteiger partial charge in [-0.15, -0.1) is 11.3 Å². The fourth-order valence-electron chi connectivity index (χ4n) is 11.5. The number of carbonyl (C=O) groups excluding carboxylic acids is 10. The Kier molecular flexibility index (Phi) is 59.7. The molecule has 4 aromatic heterocycles. The third-order valence-electron chi connectivity index (χ3n) is 17.9. The number of unbranched alkanes of at least 4 members (excludes halogenated alkanes) is 34. The van der Waals surface area contributed by atoms with E-state index in [1.807, 2.05) is 0 Å². The molecule has 21 nitrogen and oxygen atoms in total. The van der Waals surface area contributed by atoms with E-state index in [1.54, 1.807) is 66.2 Å². The molecule has 1 aliphatic heterocycles. The predicted molar refractivity (Wildman–Crippen MR) is 429 cm³/mol. The first kappa shape index (κ1) is 96.1. The lowest BCUT2D eigenvalue weighted by Crippen LogP contribution is -2.26. The fourth-order valence-corrected chi connectivity index (χ4v) is 12.1. The molecule has 5 heterocycles. The van der Waals surface area contributed by atoms with Gasteiger partial charge in [-0.2, -0.15) is 0 Å². The SMILES string of the molecule is CCCCCCCCCCCCNC(=O)CC(=O)c1ccco1.CCCCCCCCCCNC(=O)CC(=O)c1ccco1.CCCCCCCCCNC(=O)CC(=O)c1ccc2c(c1)OCO2.CCCCCCCCCNC(=O)CC(=O)c1ccco1.CCCCCCCCCNC(=O)CC(=O)c1nccs1. The van der Waals surface area contributed by atoms with E-state index >= 15 is 0 Å². The number of fused-ring (bicyclic) bond motifs is 1. The minimum Gasteiger partial charge on any atom is -0.461 e. The summed E-state index contributed by atoms with van der Waals surface area (Å²) in [4.78, 5) is 121. The summed E-state index contributed by atoms with van der Waals surface area (Å²) in [6.45, 7) is 14.5. The normalized spacial score (nSPS) is 10.9. The summed E-state index contributed by atoms with van der Waals surface area (Å²) in [5.41, 5.74) is 0.477. The Morgan fingerprint density at radius 3 is 0.861 bits per heavy atom. The van der Waals surface area contributed by atoms with E-state index in [0.717, 1.165) is 64.2 Å². The van der Waals surface area contributed by atoms with Gasteiger partial charge in [-0.1, -0.05) is 253 Å². The molecule has 0 saturated carbocycles. The molecule has 1 aliphatic rings. The van der Waals surface area contributed by atoms with Gasteiger partial charge in [0.25, 0.3) is 0 Å².